The van der Waals surface area contributed by atoms with Crippen molar-refractivity contribution in [2.75, 3.05) is 20.1 Å². The molecule has 5 nitrogen and oxygen atoms in total. The molecule has 2 aliphatic rings. The molecule has 5 heteroatoms. The molecule has 1 saturated carbocycles. The second-order valence-electron chi connectivity index (χ2n) is 5.97. The molecule has 2 atom stereocenters. The standard InChI is InChI=1S/C14H25N5/c1-15-13-6-4-2-3-5-12(13)9-18-7-8-19-11-16-17-14(19)10-18/h11-13,15H,2-10H2,1H3. The summed E-state index contributed by atoms with van der Waals surface area (Å²) in [6.45, 7) is 4.35. The summed E-state index contributed by atoms with van der Waals surface area (Å²) in [5.74, 6) is 1.92. The van der Waals surface area contributed by atoms with Gasteiger partial charge in [0.2, 0.25) is 0 Å². The van der Waals surface area contributed by atoms with E-state index in [1.807, 2.05) is 6.33 Å². The zero-order chi connectivity index (χ0) is 13.1. The summed E-state index contributed by atoms with van der Waals surface area (Å²) in [5.41, 5.74) is 0. The lowest BCUT2D eigenvalue weighted by atomic mass is 9.94. The zero-order valence-electron chi connectivity index (χ0n) is 11.9. The van der Waals surface area contributed by atoms with E-state index >= 15 is 0 Å². The highest BCUT2D eigenvalue weighted by Crippen LogP contribution is 2.25. The van der Waals surface area contributed by atoms with Gasteiger partial charge in [-0.1, -0.05) is 19.3 Å². The first-order chi connectivity index (χ1) is 9.36. The summed E-state index contributed by atoms with van der Waals surface area (Å²) in [6, 6.07) is 0.697. The van der Waals surface area contributed by atoms with Crippen molar-refractivity contribution in [3.05, 3.63) is 12.2 Å². The minimum absolute atomic E-state index is 0.697. The Balaban J connectivity index is 1.61. The van der Waals surface area contributed by atoms with Crippen molar-refractivity contribution in [2.45, 2.75) is 51.2 Å². The van der Waals surface area contributed by atoms with E-state index in [-0.39, 0.29) is 0 Å². The molecule has 1 aliphatic heterocycles. The van der Waals surface area contributed by atoms with Crippen molar-refractivity contribution in [1.29, 1.82) is 0 Å². The fraction of sp³-hybridized carbons (Fsp3) is 0.857. The van der Waals surface area contributed by atoms with E-state index in [0.29, 0.717) is 6.04 Å². The van der Waals surface area contributed by atoms with E-state index < -0.39 is 0 Å². The number of fused-ring (bicyclic) bond motifs is 1. The van der Waals surface area contributed by atoms with Crippen molar-refractivity contribution >= 4 is 0 Å². The van der Waals surface area contributed by atoms with Gasteiger partial charge in [0.25, 0.3) is 0 Å². The van der Waals surface area contributed by atoms with Crippen LogP contribution in [0.5, 0.6) is 0 Å². The Labute approximate surface area is 115 Å². The van der Waals surface area contributed by atoms with Gasteiger partial charge >= 0.3 is 0 Å². The molecule has 1 aromatic rings. The molecule has 0 saturated heterocycles. The quantitative estimate of drug-likeness (QED) is 0.834. The lowest BCUT2D eigenvalue weighted by Gasteiger charge is -2.33. The lowest BCUT2D eigenvalue weighted by molar-refractivity contribution is 0.162. The minimum atomic E-state index is 0.697. The third kappa shape index (κ3) is 2.98. The number of nitrogens with zero attached hydrogens (tertiary/aromatic N) is 4. The molecule has 3 rings (SSSR count). The van der Waals surface area contributed by atoms with Crippen LogP contribution in [-0.2, 0) is 13.1 Å². The van der Waals surface area contributed by atoms with Crippen LogP contribution in [-0.4, -0.2) is 45.8 Å². The highest BCUT2D eigenvalue weighted by atomic mass is 15.3. The van der Waals surface area contributed by atoms with Crippen LogP contribution in [0.1, 0.15) is 37.9 Å². The molecule has 1 aromatic heterocycles. The maximum Gasteiger partial charge on any atom is 0.147 e. The van der Waals surface area contributed by atoms with Gasteiger partial charge in [-0.15, -0.1) is 10.2 Å². The second-order valence-corrected chi connectivity index (χ2v) is 5.97. The molecule has 2 unspecified atom stereocenters. The minimum Gasteiger partial charge on any atom is -0.317 e. The van der Waals surface area contributed by atoms with E-state index in [9.17, 15) is 0 Å². The summed E-state index contributed by atoms with van der Waals surface area (Å²) in [6.07, 6.45) is 8.75. The Morgan fingerprint density at radius 1 is 1.26 bits per heavy atom. The van der Waals surface area contributed by atoms with Crippen LogP contribution < -0.4 is 5.32 Å². The Hall–Kier alpha value is -0.940. The Morgan fingerprint density at radius 3 is 3.05 bits per heavy atom. The lowest BCUT2D eigenvalue weighted by Crippen LogP contribution is -2.43. The summed E-state index contributed by atoms with van der Waals surface area (Å²) >= 11 is 0. The van der Waals surface area contributed by atoms with E-state index in [2.05, 4.69) is 32.0 Å². The van der Waals surface area contributed by atoms with Crippen LogP contribution in [0.2, 0.25) is 0 Å². The molecule has 0 spiro atoms. The third-order valence-electron chi connectivity index (χ3n) is 4.74. The number of rotatable bonds is 3. The number of hydrogen-bond acceptors (Lipinski definition) is 4. The second kappa shape index (κ2) is 6.01. The van der Waals surface area contributed by atoms with Gasteiger partial charge in [0.15, 0.2) is 0 Å². The van der Waals surface area contributed by atoms with Gasteiger partial charge in [0.1, 0.15) is 12.2 Å². The molecular weight excluding hydrogens is 238 g/mol. The first kappa shape index (κ1) is 13.1. The molecule has 0 amide bonds. The fourth-order valence-electron chi connectivity index (χ4n) is 3.59. The van der Waals surface area contributed by atoms with E-state index in [0.717, 1.165) is 31.4 Å². The predicted octanol–water partition coefficient (Wildman–Crippen LogP) is 1.26. The average Bonchev–Trinajstić information content (AvgIpc) is 2.78. The zero-order valence-corrected chi connectivity index (χ0v) is 11.9. The molecule has 106 valence electrons. The Kier molecular flexibility index (Phi) is 4.13. The molecule has 0 bridgehead atoms. The van der Waals surface area contributed by atoms with Crippen molar-refractivity contribution in [3.63, 3.8) is 0 Å². The highest BCUT2D eigenvalue weighted by Gasteiger charge is 2.26. The van der Waals surface area contributed by atoms with Crippen molar-refractivity contribution in [2.24, 2.45) is 5.92 Å². The van der Waals surface area contributed by atoms with Gasteiger partial charge < -0.3 is 9.88 Å². The molecule has 0 aromatic carbocycles. The predicted molar refractivity (Wildman–Crippen MR) is 74.7 cm³/mol. The van der Waals surface area contributed by atoms with Crippen molar-refractivity contribution in [1.82, 2.24) is 25.0 Å². The Morgan fingerprint density at radius 2 is 2.16 bits per heavy atom. The van der Waals surface area contributed by atoms with Crippen molar-refractivity contribution in [3.8, 4) is 0 Å². The monoisotopic (exact) mass is 263 g/mol. The summed E-state index contributed by atoms with van der Waals surface area (Å²) in [5, 5.41) is 11.8. The SMILES string of the molecule is CNC1CCCCCC1CN1CCn2cnnc2C1. The molecule has 1 fully saturated rings. The van der Waals surface area contributed by atoms with Gasteiger partial charge in [0, 0.05) is 25.7 Å². The maximum atomic E-state index is 4.21. The highest BCUT2D eigenvalue weighted by molar-refractivity contribution is 4.91. The van der Waals surface area contributed by atoms with Crippen LogP contribution in [0, 0.1) is 5.92 Å². The van der Waals surface area contributed by atoms with Crippen molar-refractivity contribution < 1.29 is 0 Å². The third-order valence-corrected chi connectivity index (χ3v) is 4.74. The maximum absolute atomic E-state index is 4.21. The molecule has 0 radical (unpaired) electrons. The molecule has 2 heterocycles. The van der Waals surface area contributed by atoms with Gasteiger partial charge in [-0.2, -0.15) is 0 Å². The topological polar surface area (TPSA) is 46.0 Å². The Bertz CT molecular complexity index is 402. The van der Waals surface area contributed by atoms with Crippen LogP contribution in [0.4, 0.5) is 0 Å². The largest absolute Gasteiger partial charge is 0.317 e. The van der Waals surface area contributed by atoms with Crippen LogP contribution >= 0.6 is 0 Å². The van der Waals surface area contributed by atoms with Crippen LogP contribution in [0.15, 0.2) is 6.33 Å². The number of nitrogens with one attached hydrogen (secondary N) is 1. The van der Waals surface area contributed by atoms with E-state index in [4.69, 9.17) is 0 Å². The summed E-state index contributed by atoms with van der Waals surface area (Å²) < 4.78 is 2.18. The van der Waals surface area contributed by atoms with Gasteiger partial charge in [0.05, 0.1) is 6.54 Å². The summed E-state index contributed by atoms with van der Waals surface area (Å²) in [4.78, 5) is 2.56. The number of hydrogen-bond donors (Lipinski definition) is 1. The molecule has 1 aliphatic carbocycles. The number of aromatic nitrogens is 3. The first-order valence-corrected chi connectivity index (χ1v) is 7.63. The average molecular weight is 263 g/mol. The van der Waals surface area contributed by atoms with Gasteiger partial charge in [-0.05, 0) is 25.8 Å². The van der Waals surface area contributed by atoms with Gasteiger partial charge in [-0.25, -0.2) is 0 Å². The molecule has 19 heavy (non-hydrogen) atoms. The molecule has 1 N–H and O–H groups in total. The fourth-order valence-corrected chi connectivity index (χ4v) is 3.59. The van der Waals surface area contributed by atoms with E-state index in [1.54, 1.807) is 0 Å². The first-order valence-electron chi connectivity index (χ1n) is 7.63. The van der Waals surface area contributed by atoms with Crippen LogP contribution in [0.3, 0.4) is 0 Å². The normalized spacial score (nSPS) is 28.9. The van der Waals surface area contributed by atoms with E-state index in [1.165, 1.54) is 38.6 Å². The molecular formula is C14H25N5. The smallest absolute Gasteiger partial charge is 0.147 e. The summed E-state index contributed by atoms with van der Waals surface area (Å²) in [7, 11) is 2.12. The van der Waals surface area contributed by atoms with Gasteiger partial charge in [-0.3, -0.25) is 4.90 Å². The van der Waals surface area contributed by atoms with Crippen LogP contribution in [0.25, 0.3) is 0 Å².